The number of rotatable bonds is 1. The van der Waals surface area contributed by atoms with Crippen LogP contribution in [0.25, 0.3) is 0 Å². The first-order chi connectivity index (χ1) is 6.27. The maximum atomic E-state index is 5.42. The van der Waals surface area contributed by atoms with E-state index in [0.717, 1.165) is 11.5 Å². The van der Waals surface area contributed by atoms with Crippen LogP contribution in [0.2, 0.25) is 0 Å². The molecule has 0 aliphatic carbocycles. The van der Waals surface area contributed by atoms with Gasteiger partial charge in [0.1, 0.15) is 5.76 Å². The molecule has 0 amide bonds. The molecule has 1 atom stereocenters. The van der Waals surface area contributed by atoms with Crippen LogP contribution in [0.3, 0.4) is 0 Å². The second-order valence-corrected chi connectivity index (χ2v) is 2.37. The lowest BCUT2D eigenvalue weighted by atomic mass is 10.3. The third-order valence-electron chi connectivity index (χ3n) is 1.49. The normalized spacial score (nSPS) is 26.0. The molecule has 13 heavy (non-hydrogen) atoms. The van der Waals surface area contributed by atoms with E-state index in [9.17, 15) is 0 Å². The molecule has 0 aromatic rings. The molecule has 0 spiro atoms. The zero-order chi connectivity index (χ0) is 10.3. The van der Waals surface area contributed by atoms with Crippen LogP contribution in [0, 0.1) is 0 Å². The SMILES string of the molecule is C=C/C=C1/OC(C)N/C1=C/C.CC. The summed E-state index contributed by atoms with van der Waals surface area (Å²) in [6.07, 6.45) is 5.64. The summed E-state index contributed by atoms with van der Waals surface area (Å²) in [6, 6.07) is 0. The summed E-state index contributed by atoms with van der Waals surface area (Å²) >= 11 is 0. The molecule has 2 nitrogen and oxygen atoms in total. The minimum atomic E-state index is 0.0763. The van der Waals surface area contributed by atoms with E-state index in [1.165, 1.54) is 0 Å². The van der Waals surface area contributed by atoms with Crippen LogP contribution < -0.4 is 5.32 Å². The average molecular weight is 181 g/mol. The molecular formula is C11H19NO. The van der Waals surface area contributed by atoms with Crippen LogP contribution in [-0.4, -0.2) is 6.23 Å². The summed E-state index contributed by atoms with van der Waals surface area (Å²) in [5.41, 5.74) is 1.04. The van der Waals surface area contributed by atoms with Crippen molar-refractivity contribution in [3.05, 3.63) is 36.3 Å². The van der Waals surface area contributed by atoms with Crippen LogP contribution in [0.4, 0.5) is 0 Å². The van der Waals surface area contributed by atoms with Crippen molar-refractivity contribution < 1.29 is 4.74 Å². The van der Waals surface area contributed by atoms with Crippen LogP contribution in [0.15, 0.2) is 36.3 Å². The van der Waals surface area contributed by atoms with Crippen molar-refractivity contribution in [2.45, 2.75) is 33.9 Å². The van der Waals surface area contributed by atoms with Gasteiger partial charge in [-0.1, -0.05) is 32.6 Å². The minimum Gasteiger partial charge on any atom is -0.469 e. The molecule has 2 heteroatoms. The molecule has 1 rings (SSSR count). The van der Waals surface area contributed by atoms with Crippen LogP contribution in [0.1, 0.15) is 27.7 Å². The monoisotopic (exact) mass is 181 g/mol. The third kappa shape index (κ3) is 3.36. The predicted octanol–water partition coefficient (Wildman–Crippen LogP) is 2.95. The van der Waals surface area contributed by atoms with Crippen LogP contribution in [-0.2, 0) is 4.74 Å². The lowest BCUT2D eigenvalue weighted by Gasteiger charge is -1.99. The molecule has 1 aliphatic rings. The zero-order valence-corrected chi connectivity index (χ0v) is 8.92. The highest BCUT2D eigenvalue weighted by molar-refractivity contribution is 5.29. The fourth-order valence-electron chi connectivity index (χ4n) is 1.04. The second kappa shape index (κ2) is 6.35. The van der Waals surface area contributed by atoms with Crippen molar-refractivity contribution in [2.75, 3.05) is 0 Å². The molecule has 1 saturated heterocycles. The van der Waals surface area contributed by atoms with E-state index in [1.54, 1.807) is 6.08 Å². The first-order valence-corrected chi connectivity index (χ1v) is 4.70. The number of ether oxygens (including phenoxy) is 1. The van der Waals surface area contributed by atoms with Gasteiger partial charge in [-0.2, -0.15) is 0 Å². The molecule has 1 aliphatic heterocycles. The van der Waals surface area contributed by atoms with Gasteiger partial charge in [0.2, 0.25) is 0 Å². The Morgan fingerprint density at radius 2 is 2.08 bits per heavy atom. The van der Waals surface area contributed by atoms with E-state index in [1.807, 2.05) is 39.8 Å². The van der Waals surface area contributed by atoms with E-state index in [4.69, 9.17) is 4.74 Å². The summed E-state index contributed by atoms with van der Waals surface area (Å²) < 4.78 is 5.42. The first-order valence-electron chi connectivity index (χ1n) is 4.70. The molecule has 74 valence electrons. The number of allylic oxidation sites excluding steroid dienone is 3. The summed E-state index contributed by atoms with van der Waals surface area (Å²) in [5, 5.41) is 3.16. The fourth-order valence-corrected chi connectivity index (χ4v) is 1.04. The molecule has 0 bridgehead atoms. The lowest BCUT2D eigenvalue weighted by Crippen LogP contribution is -2.16. The van der Waals surface area contributed by atoms with Gasteiger partial charge in [-0.25, -0.2) is 0 Å². The van der Waals surface area contributed by atoms with E-state index in [0.29, 0.717) is 0 Å². The van der Waals surface area contributed by atoms with Gasteiger partial charge >= 0.3 is 0 Å². The van der Waals surface area contributed by atoms with Gasteiger partial charge in [-0.15, -0.1) is 0 Å². The highest BCUT2D eigenvalue weighted by atomic mass is 16.5. The van der Waals surface area contributed by atoms with E-state index in [2.05, 4.69) is 11.9 Å². The molecule has 0 aromatic carbocycles. The maximum Gasteiger partial charge on any atom is 0.167 e. The average Bonchev–Trinajstić information content (AvgIpc) is 2.50. The Balaban J connectivity index is 0.000000671. The Labute approximate surface area is 81.0 Å². The second-order valence-electron chi connectivity index (χ2n) is 2.37. The van der Waals surface area contributed by atoms with Crippen molar-refractivity contribution >= 4 is 0 Å². The Morgan fingerprint density at radius 1 is 1.46 bits per heavy atom. The Kier molecular flexibility index (Phi) is 5.77. The highest BCUT2D eigenvalue weighted by Gasteiger charge is 2.18. The van der Waals surface area contributed by atoms with Gasteiger partial charge in [-0.3, -0.25) is 0 Å². The summed E-state index contributed by atoms with van der Waals surface area (Å²) in [6.45, 7) is 11.5. The van der Waals surface area contributed by atoms with Gasteiger partial charge in [0.15, 0.2) is 6.23 Å². The molecule has 1 unspecified atom stereocenters. The molecule has 0 saturated carbocycles. The molecule has 0 aromatic heterocycles. The van der Waals surface area contributed by atoms with Crippen molar-refractivity contribution in [1.82, 2.24) is 5.32 Å². The fraction of sp³-hybridized carbons (Fsp3) is 0.455. The number of hydrogen-bond donors (Lipinski definition) is 1. The van der Waals surface area contributed by atoms with E-state index in [-0.39, 0.29) is 6.23 Å². The van der Waals surface area contributed by atoms with Gasteiger partial charge in [0.25, 0.3) is 0 Å². The lowest BCUT2D eigenvalue weighted by molar-refractivity contribution is 0.164. The van der Waals surface area contributed by atoms with E-state index < -0.39 is 0 Å². The Bertz CT molecular complexity index is 216. The van der Waals surface area contributed by atoms with Gasteiger partial charge in [0, 0.05) is 0 Å². The van der Waals surface area contributed by atoms with Gasteiger partial charge < -0.3 is 10.1 Å². The molecule has 0 radical (unpaired) electrons. The Hall–Kier alpha value is -1.18. The van der Waals surface area contributed by atoms with Crippen molar-refractivity contribution in [2.24, 2.45) is 0 Å². The van der Waals surface area contributed by atoms with Crippen LogP contribution in [0.5, 0.6) is 0 Å². The highest BCUT2D eigenvalue weighted by Crippen LogP contribution is 2.18. The van der Waals surface area contributed by atoms with E-state index >= 15 is 0 Å². The smallest absolute Gasteiger partial charge is 0.167 e. The number of nitrogens with one attached hydrogen (secondary N) is 1. The topological polar surface area (TPSA) is 21.3 Å². The summed E-state index contributed by atoms with van der Waals surface area (Å²) in [4.78, 5) is 0. The van der Waals surface area contributed by atoms with Gasteiger partial charge in [-0.05, 0) is 19.9 Å². The van der Waals surface area contributed by atoms with Crippen molar-refractivity contribution in [3.63, 3.8) is 0 Å². The predicted molar refractivity (Wildman–Crippen MR) is 57.1 cm³/mol. The maximum absolute atomic E-state index is 5.42. The summed E-state index contributed by atoms with van der Waals surface area (Å²) in [7, 11) is 0. The minimum absolute atomic E-state index is 0.0763. The molecule has 1 fully saturated rings. The zero-order valence-electron chi connectivity index (χ0n) is 8.92. The molecule has 1 N–H and O–H groups in total. The van der Waals surface area contributed by atoms with Gasteiger partial charge in [0.05, 0.1) is 5.70 Å². The third-order valence-corrected chi connectivity index (χ3v) is 1.49. The molecule has 1 heterocycles. The first kappa shape index (κ1) is 11.8. The van der Waals surface area contributed by atoms with Crippen molar-refractivity contribution in [3.8, 4) is 0 Å². The number of hydrogen-bond acceptors (Lipinski definition) is 2. The van der Waals surface area contributed by atoms with Crippen LogP contribution >= 0.6 is 0 Å². The largest absolute Gasteiger partial charge is 0.469 e. The quantitative estimate of drug-likeness (QED) is 0.671. The summed E-state index contributed by atoms with van der Waals surface area (Å²) in [5.74, 6) is 0.870. The standard InChI is InChI=1S/C9H13NO.C2H6/c1-4-6-9-8(5-2)10-7(3)11-9;1-2/h4-7,10H,1H2,2-3H3;1-2H3/b8-5+,9-6+;. The van der Waals surface area contributed by atoms with Crippen molar-refractivity contribution in [1.29, 1.82) is 0 Å². The molecular weight excluding hydrogens is 162 g/mol. The Morgan fingerprint density at radius 3 is 2.54 bits per heavy atom.